The second-order valence-corrected chi connectivity index (χ2v) is 8.84. The average molecular weight is 419 g/mol. The maximum Gasteiger partial charge on any atom is 0.202 e. The molecule has 2 aromatic rings. The van der Waals surface area contributed by atoms with Gasteiger partial charge in [0.15, 0.2) is 5.76 Å². The average Bonchev–Trinajstić information content (AvgIpc) is 3.33. The fourth-order valence-electron chi connectivity index (χ4n) is 4.78. The number of allylic oxidation sites excluding steroid dienone is 2. The van der Waals surface area contributed by atoms with E-state index in [0.29, 0.717) is 18.3 Å². The molecule has 4 heteroatoms. The van der Waals surface area contributed by atoms with Gasteiger partial charge in [-0.05, 0) is 49.1 Å². The molecule has 0 spiro atoms. The molecule has 1 saturated heterocycles. The molecule has 1 N–H and O–H groups in total. The highest BCUT2D eigenvalue weighted by atomic mass is 16.5. The lowest BCUT2D eigenvalue weighted by Gasteiger charge is -2.31. The number of hydrogen-bond acceptors (Lipinski definition) is 4. The molecule has 2 atom stereocenters. The van der Waals surface area contributed by atoms with Crippen molar-refractivity contribution in [1.82, 2.24) is 10.2 Å². The van der Waals surface area contributed by atoms with Crippen molar-refractivity contribution in [2.75, 3.05) is 19.8 Å². The van der Waals surface area contributed by atoms with Gasteiger partial charge in [-0.15, -0.1) is 0 Å². The minimum absolute atomic E-state index is 0.00292. The summed E-state index contributed by atoms with van der Waals surface area (Å²) in [5.74, 6) is 1.17. The van der Waals surface area contributed by atoms with E-state index in [4.69, 9.17) is 4.74 Å². The minimum Gasteiger partial charge on any atom is -0.483 e. The molecule has 1 aliphatic carbocycles. The molecular weight excluding hydrogens is 384 g/mol. The summed E-state index contributed by atoms with van der Waals surface area (Å²) in [6, 6.07) is 20.7. The molecule has 0 amide bonds. The van der Waals surface area contributed by atoms with Crippen LogP contribution < -0.4 is 5.32 Å². The van der Waals surface area contributed by atoms with E-state index in [0.717, 1.165) is 63.1 Å². The van der Waals surface area contributed by atoms with E-state index in [9.17, 15) is 4.79 Å². The zero-order chi connectivity index (χ0) is 21.5. The number of ether oxygens (including phenoxy) is 1. The van der Waals surface area contributed by atoms with Gasteiger partial charge in [-0.3, -0.25) is 10.1 Å². The number of Topliss-reactive ketones (excluding diaryl/α,β-unsaturated/α-hetero) is 1. The molecule has 1 unspecified atom stereocenters. The predicted octanol–water partition coefficient (Wildman–Crippen LogP) is 4.92. The van der Waals surface area contributed by atoms with Gasteiger partial charge in [-0.25, -0.2) is 0 Å². The largest absolute Gasteiger partial charge is 0.483 e. The van der Waals surface area contributed by atoms with Crippen LogP contribution in [0.25, 0.3) is 0 Å². The van der Waals surface area contributed by atoms with Crippen LogP contribution in [0.3, 0.4) is 0 Å². The van der Waals surface area contributed by atoms with E-state index < -0.39 is 0 Å². The van der Waals surface area contributed by atoms with Gasteiger partial charge in [0, 0.05) is 19.0 Å². The molecule has 1 heterocycles. The third-order valence-electron chi connectivity index (χ3n) is 6.64. The lowest BCUT2D eigenvalue weighted by Crippen LogP contribution is -2.32. The molecular formula is C27H34N2O2. The van der Waals surface area contributed by atoms with Crippen LogP contribution in [-0.4, -0.2) is 30.4 Å². The molecule has 4 nitrogen and oxygen atoms in total. The summed E-state index contributed by atoms with van der Waals surface area (Å²) in [7, 11) is 0. The molecule has 4 rings (SSSR count). The van der Waals surface area contributed by atoms with Gasteiger partial charge >= 0.3 is 0 Å². The van der Waals surface area contributed by atoms with Crippen LogP contribution in [0, 0.1) is 11.8 Å². The summed E-state index contributed by atoms with van der Waals surface area (Å²) in [6.45, 7) is 5.37. The predicted molar refractivity (Wildman–Crippen MR) is 124 cm³/mol. The third-order valence-corrected chi connectivity index (χ3v) is 6.64. The van der Waals surface area contributed by atoms with Crippen molar-refractivity contribution in [3.05, 3.63) is 83.2 Å². The summed E-state index contributed by atoms with van der Waals surface area (Å²) in [5.41, 5.74) is 3.49. The Bertz CT molecular complexity index is 873. The van der Waals surface area contributed by atoms with E-state index in [1.165, 1.54) is 5.56 Å². The molecule has 2 aliphatic rings. The third kappa shape index (κ3) is 5.56. The van der Waals surface area contributed by atoms with Gasteiger partial charge < -0.3 is 9.64 Å². The Morgan fingerprint density at radius 2 is 1.74 bits per heavy atom. The van der Waals surface area contributed by atoms with Crippen molar-refractivity contribution in [3.8, 4) is 0 Å². The topological polar surface area (TPSA) is 41.6 Å². The summed E-state index contributed by atoms with van der Waals surface area (Å²) < 4.78 is 6.33. The summed E-state index contributed by atoms with van der Waals surface area (Å²) >= 11 is 0. The van der Waals surface area contributed by atoms with Crippen LogP contribution in [0.1, 0.15) is 43.7 Å². The van der Waals surface area contributed by atoms with Crippen LogP contribution in [0.15, 0.2) is 72.1 Å². The first-order valence-electron chi connectivity index (χ1n) is 11.7. The minimum atomic E-state index is -0.00292. The summed E-state index contributed by atoms with van der Waals surface area (Å²) in [6.07, 6.45) is 4.89. The fourth-order valence-corrected chi connectivity index (χ4v) is 4.78. The molecule has 0 bridgehead atoms. The van der Waals surface area contributed by atoms with E-state index in [1.807, 2.05) is 24.3 Å². The van der Waals surface area contributed by atoms with Crippen molar-refractivity contribution >= 4 is 5.78 Å². The van der Waals surface area contributed by atoms with Crippen molar-refractivity contribution in [2.24, 2.45) is 11.8 Å². The highest BCUT2D eigenvalue weighted by molar-refractivity contribution is 5.96. The summed E-state index contributed by atoms with van der Waals surface area (Å²) in [5, 5.41) is 3.41. The zero-order valence-electron chi connectivity index (χ0n) is 18.6. The maximum atomic E-state index is 13.9. The number of nitrogens with one attached hydrogen (secondary N) is 1. The molecule has 1 fully saturated rings. The van der Waals surface area contributed by atoms with E-state index in [1.54, 1.807) is 0 Å². The van der Waals surface area contributed by atoms with Crippen LogP contribution in [0.5, 0.6) is 0 Å². The van der Waals surface area contributed by atoms with Gasteiger partial charge in [0.25, 0.3) is 0 Å². The van der Waals surface area contributed by atoms with E-state index in [-0.39, 0.29) is 11.7 Å². The molecule has 0 radical (unpaired) electrons. The molecule has 1 aliphatic heterocycles. The number of aryl methyl sites for hydroxylation is 1. The Labute approximate surface area is 186 Å². The van der Waals surface area contributed by atoms with Crippen molar-refractivity contribution in [1.29, 1.82) is 0 Å². The van der Waals surface area contributed by atoms with E-state index in [2.05, 4.69) is 53.5 Å². The molecule has 31 heavy (non-hydrogen) atoms. The Kier molecular flexibility index (Phi) is 7.42. The number of carbonyl (C=O) groups excluding carboxylic acids is 1. The monoisotopic (exact) mass is 418 g/mol. The van der Waals surface area contributed by atoms with Crippen molar-refractivity contribution < 1.29 is 9.53 Å². The van der Waals surface area contributed by atoms with Gasteiger partial charge in [-0.2, -0.15) is 0 Å². The highest BCUT2D eigenvalue weighted by Crippen LogP contribution is 2.34. The van der Waals surface area contributed by atoms with Crippen LogP contribution in [0.4, 0.5) is 0 Å². The van der Waals surface area contributed by atoms with E-state index >= 15 is 0 Å². The SMILES string of the molecule is CC1CCC/C(N2CCNC2)=C(/OCc2ccccc2)C(=O)[C@H]1CCc1ccccc1. The first kappa shape index (κ1) is 21.6. The second kappa shape index (κ2) is 10.6. The Hall–Kier alpha value is -2.59. The standard InChI is InChI=1S/C27H34N2O2/c1-21-9-8-14-25(29-18-17-28-20-29)27(31-19-23-12-6-3-7-13-23)26(30)24(21)16-15-22-10-4-2-5-11-22/h2-7,10-13,21,24,28H,8-9,14-20H2,1H3/b27-25-/t21?,24-/m0/s1. The number of carbonyl (C=O) groups is 1. The number of nitrogens with zero attached hydrogens (tertiary/aromatic N) is 1. The number of ketones is 1. The fraction of sp³-hybridized carbons (Fsp3) is 0.444. The normalized spacial score (nSPS) is 24.7. The smallest absolute Gasteiger partial charge is 0.202 e. The highest BCUT2D eigenvalue weighted by Gasteiger charge is 2.34. The van der Waals surface area contributed by atoms with Crippen molar-refractivity contribution in [2.45, 2.75) is 45.6 Å². The molecule has 0 saturated carbocycles. The van der Waals surface area contributed by atoms with Crippen LogP contribution in [-0.2, 0) is 22.6 Å². The molecule has 0 aromatic heterocycles. The number of rotatable bonds is 7. The van der Waals surface area contributed by atoms with Crippen LogP contribution in [0.2, 0.25) is 0 Å². The quantitative estimate of drug-likeness (QED) is 0.693. The maximum absolute atomic E-state index is 13.9. The van der Waals surface area contributed by atoms with Gasteiger partial charge in [0.05, 0.1) is 12.4 Å². The lowest BCUT2D eigenvalue weighted by atomic mass is 9.79. The van der Waals surface area contributed by atoms with Gasteiger partial charge in [0.1, 0.15) is 6.61 Å². The van der Waals surface area contributed by atoms with Crippen molar-refractivity contribution in [3.63, 3.8) is 0 Å². The Morgan fingerprint density at radius 3 is 2.42 bits per heavy atom. The first-order valence-corrected chi connectivity index (χ1v) is 11.7. The molecule has 164 valence electrons. The Morgan fingerprint density at radius 1 is 1.03 bits per heavy atom. The van der Waals surface area contributed by atoms with Gasteiger partial charge in [-0.1, -0.05) is 67.6 Å². The zero-order valence-corrected chi connectivity index (χ0v) is 18.6. The van der Waals surface area contributed by atoms with Gasteiger partial charge in [0.2, 0.25) is 5.78 Å². The second-order valence-electron chi connectivity index (χ2n) is 8.84. The summed E-state index contributed by atoms with van der Waals surface area (Å²) in [4.78, 5) is 16.2. The van der Waals surface area contributed by atoms with Crippen LogP contribution >= 0.6 is 0 Å². The Balaban J connectivity index is 1.59. The number of benzene rings is 2. The number of hydrogen-bond donors (Lipinski definition) is 1. The lowest BCUT2D eigenvalue weighted by molar-refractivity contribution is -0.125. The molecule has 2 aromatic carbocycles. The first-order chi connectivity index (χ1) is 15.2.